The Bertz CT molecular complexity index is 310. The van der Waals surface area contributed by atoms with Crippen LogP contribution in [0.2, 0.25) is 0 Å². The Morgan fingerprint density at radius 3 is 2.79 bits per heavy atom. The summed E-state index contributed by atoms with van der Waals surface area (Å²) in [5.74, 6) is 0.563. The van der Waals surface area contributed by atoms with Gasteiger partial charge in [0, 0.05) is 6.42 Å². The Balaban J connectivity index is 2.68. The first-order valence-electron chi connectivity index (χ1n) is 4.73. The molecule has 0 atom stereocenters. The summed E-state index contributed by atoms with van der Waals surface area (Å²) in [6.07, 6.45) is 1.01. The quantitative estimate of drug-likeness (QED) is 0.770. The van der Waals surface area contributed by atoms with E-state index < -0.39 is 0 Å². The van der Waals surface area contributed by atoms with Crippen molar-refractivity contribution in [2.45, 2.75) is 19.8 Å². The summed E-state index contributed by atoms with van der Waals surface area (Å²) in [5.41, 5.74) is 6.12. The van der Waals surface area contributed by atoms with Crippen LogP contribution in [0.15, 0.2) is 24.3 Å². The van der Waals surface area contributed by atoms with Crippen molar-refractivity contribution < 1.29 is 9.53 Å². The molecule has 0 fully saturated rings. The van der Waals surface area contributed by atoms with Crippen LogP contribution in [-0.2, 0) is 11.2 Å². The first-order chi connectivity index (χ1) is 6.74. The minimum absolute atomic E-state index is 0.281. The largest absolute Gasteiger partial charge is 0.494 e. The van der Waals surface area contributed by atoms with Gasteiger partial charge in [-0.3, -0.25) is 4.79 Å². The number of hydrogen-bond acceptors (Lipinski definition) is 2. The number of carbonyl (C=O) groups is 1. The summed E-state index contributed by atoms with van der Waals surface area (Å²) in [7, 11) is 0. The number of aryl methyl sites for hydroxylation is 1. The highest BCUT2D eigenvalue weighted by Crippen LogP contribution is 2.19. The maximum Gasteiger partial charge on any atom is 0.217 e. The van der Waals surface area contributed by atoms with Gasteiger partial charge in [-0.1, -0.05) is 18.2 Å². The standard InChI is InChI=1S/C11H15NO2/c1-2-14-10-6-4-3-5-9(10)7-8-11(12)13/h3-6H,2,7-8H2,1H3,(H2,12,13). The van der Waals surface area contributed by atoms with E-state index >= 15 is 0 Å². The molecule has 1 aromatic rings. The molecule has 0 saturated carbocycles. The molecule has 0 saturated heterocycles. The average Bonchev–Trinajstić information content (AvgIpc) is 2.17. The van der Waals surface area contributed by atoms with Gasteiger partial charge < -0.3 is 10.5 Å². The molecule has 1 aromatic carbocycles. The molecule has 0 aliphatic rings. The maximum atomic E-state index is 10.6. The van der Waals surface area contributed by atoms with Crippen molar-refractivity contribution >= 4 is 5.91 Å². The molecule has 1 rings (SSSR count). The van der Waals surface area contributed by atoms with Gasteiger partial charge in [0.15, 0.2) is 0 Å². The molecule has 14 heavy (non-hydrogen) atoms. The van der Waals surface area contributed by atoms with Crippen LogP contribution >= 0.6 is 0 Å². The molecular formula is C11H15NO2. The summed E-state index contributed by atoms with van der Waals surface area (Å²) in [4.78, 5) is 10.6. The lowest BCUT2D eigenvalue weighted by Gasteiger charge is -2.08. The van der Waals surface area contributed by atoms with Crippen LogP contribution < -0.4 is 10.5 Å². The van der Waals surface area contributed by atoms with Gasteiger partial charge in [-0.25, -0.2) is 0 Å². The molecule has 3 heteroatoms. The number of hydrogen-bond donors (Lipinski definition) is 1. The summed E-state index contributed by atoms with van der Waals surface area (Å²) >= 11 is 0. The molecule has 0 aliphatic carbocycles. The van der Waals surface area contributed by atoms with E-state index in [1.54, 1.807) is 0 Å². The molecule has 0 aromatic heterocycles. The molecule has 0 unspecified atom stereocenters. The van der Waals surface area contributed by atoms with Gasteiger partial charge in [-0.15, -0.1) is 0 Å². The van der Waals surface area contributed by atoms with Gasteiger partial charge in [-0.2, -0.15) is 0 Å². The first-order valence-corrected chi connectivity index (χ1v) is 4.73. The number of benzene rings is 1. The maximum absolute atomic E-state index is 10.6. The van der Waals surface area contributed by atoms with E-state index in [-0.39, 0.29) is 5.91 Å². The van der Waals surface area contributed by atoms with Crippen LogP contribution in [0.25, 0.3) is 0 Å². The molecule has 0 radical (unpaired) electrons. The van der Waals surface area contributed by atoms with E-state index in [0.29, 0.717) is 19.4 Å². The number of nitrogens with two attached hydrogens (primary N) is 1. The number of amides is 1. The Hall–Kier alpha value is -1.51. The Kier molecular flexibility index (Phi) is 3.98. The number of rotatable bonds is 5. The lowest BCUT2D eigenvalue weighted by Crippen LogP contribution is -2.11. The smallest absolute Gasteiger partial charge is 0.217 e. The third kappa shape index (κ3) is 3.09. The third-order valence-electron chi connectivity index (χ3n) is 1.91. The van der Waals surface area contributed by atoms with Crippen LogP contribution in [0.1, 0.15) is 18.9 Å². The third-order valence-corrected chi connectivity index (χ3v) is 1.91. The molecule has 0 bridgehead atoms. The molecule has 1 amide bonds. The van der Waals surface area contributed by atoms with Crippen LogP contribution in [0.4, 0.5) is 0 Å². The number of primary amides is 1. The van der Waals surface area contributed by atoms with E-state index in [0.717, 1.165) is 11.3 Å². The molecule has 2 N–H and O–H groups in total. The van der Waals surface area contributed by atoms with Gasteiger partial charge >= 0.3 is 0 Å². The van der Waals surface area contributed by atoms with Crippen molar-refractivity contribution in [2.75, 3.05) is 6.61 Å². The van der Waals surface area contributed by atoms with E-state index in [1.165, 1.54) is 0 Å². The second-order valence-corrected chi connectivity index (χ2v) is 3.01. The predicted octanol–water partition coefficient (Wildman–Crippen LogP) is 1.50. The van der Waals surface area contributed by atoms with Crippen LogP contribution in [-0.4, -0.2) is 12.5 Å². The van der Waals surface area contributed by atoms with Crippen LogP contribution in [0.3, 0.4) is 0 Å². The minimum Gasteiger partial charge on any atom is -0.494 e. The fourth-order valence-corrected chi connectivity index (χ4v) is 1.26. The summed E-state index contributed by atoms with van der Waals surface area (Å²) in [6.45, 7) is 2.57. The van der Waals surface area contributed by atoms with Crippen molar-refractivity contribution in [2.24, 2.45) is 5.73 Å². The van der Waals surface area contributed by atoms with E-state index in [4.69, 9.17) is 10.5 Å². The predicted molar refractivity (Wildman–Crippen MR) is 55.1 cm³/mol. The summed E-state index contributed by atoms with van der Waals surface area (Å²) in [5, 5.41) is 0. The molecule has 0 spiro atoms. The van der Waals surface area contributed by atoms with Gasteiger partial charge in [0.05, 0.1) is 6.61 Å². The van der Waals surface area contributed by atoms with Gasteiger partial charge in [-0.05, 0) is 25.0 Å². The number of ether oxygens (including phenoxy) is 1. The van der Waals surface area contributed by atoms with Crippen molar-refractivity contribution in [1.82, 2.24) is 0 Å². The Labute approximate surface area is 83.9 Å². The van der Waals surface area contributed by atoms with Gasteiger partial charge in [0.2, 0.25) is 5.91 Å². The Morgan fingerprint density at radius 2 is 2.14 bits per heavy atom. The van der Waals surface area contributed by atoms with E-state index in [9.17, 15) is 4.79 Å². The lowest BCUT2D eigenvalue weighted by atomic mass is 10.1. The second-order valence-electron chi connectivity index (χ2n) is 3.01. The van der Waals surface area contributed by atoms with E-state index in [2.05, 4.69) is 0 Å². The zero-order chi connectivity index (χ0) is 10.4. The summed E-state index contributed by atoms with van der Waals surface area (Å²) < 4.78 is 5.42. The fourth-order valence-electron chi connectivity index (χ4n) is 1.26. The van der Waals surface area contributed by atoms with Crippen LogP contribution in [0, 0.1) is 0 Å². The monoisotopic (exact) mass is 193 g/mol. The normalized spacial score (nSPS) is 9.79. The van der Waals surface area contributed by atoms with Crippen LogP contribution in [0.5, 0.6) is 5.75 Å². The minimum atomic E-state index is -0.281. The van der Waals surface area contributed by atoms with Gasteiger partial charge in [0.1, 0.15) is 5.75 Å². The topological polar surface area (TPSA) is 52.3 Å². The highest BCUT2D eigenvalue weighted by molar-refractivity contribution is 5.74. The SMILES string of the molecule is CCOc1ccccc1CCC(N)=O. The van der Waals surface area contributed by atoms with Crippen molar-refractivity contribution in [3.05, 3.63) is 29.8 Å². The molecule has 0 heterocycles. The molecule has 3 nitrogen and oxygen atoms in total. The molecule has 76 valence electrons. The number of para-hydroxylation sites is 1. The average molecular weight is 193 g/mol. The summed E-state index contributed by atoms with van der Waals surface area (Å²) in [6, 6.07) is 7.70. The zero-order valence-corrected chi connectivity index (χ0v) is 8.32. The molecule has 0 aliphatic heterocycles. The van der Waals surface area contributed by atoms with Crippen molar-refractivity contribution in [1.29, 1.82) is 0 Å². The molecular weight excluding hydrogens is 178 g/mol. The van der Waals surface area contributed by atoms with Gasteiger partial charge in [0.25, 0.3) is 0 Å². The number of carbonyl (C=O) groups excluding carboxylic acids is 1. The van der Waals surface area contributed by atoms with E-state index in [1.807, 2.05) is 31.2 Å². The lowest BCUT2D eigenvalue weighted by molar-refractivity contribution is -0.117. The van der Waals surface area contributed by atoms with Crippen molar-refractivity contribution in [3.63, 3.8) is 0 Å². The second kappa shape index (κ2) is 5.27. The Morgan fingerprint density at radius 1 is 1.43 bits per heavy atom. The zero-order valence-electron chi connectivity index (χ0n) is 8.32. The fraction of sp³-hybridized carbons (Fsp3) is 0.364. The highest BCUT2D eigenvalue weighted by Gasteiger charge is 2.03. The first kappa shape index (κ1) is 10.6. The highest BCUT2D eigenvalue weighted by atomic mass is 16.5. The van der Waals surface area contributed by atoms with Crippen molar-refractivity contribution in [3.8, 4) is 5.75 Å².